The van der Waals surface area contributed by atoms with Gasteiger partial charge >= 0.3 is 0 Å². The summed E-state index contributed by atoms with van der Waals surface area (Å²) in [7, 11) is 0. The second-order valence-electron chi connectivity index (χ2n) is 4.16. The maximum atomic E-state index is 11.4. The van der Waals surface area contributed by atoms with Crippen LogP contribution in [-0.4, -0.2) is 19.1 Å². The zero-order valence-corrected chi connectivity index (χ0v) is 11.1. The molecule has 0 saturated carbocycles. The average Bonchev–Trinajstić information content (AvgIpc) is 2.99. The van der Waals surface area contributed by atoms with Crippen molar-refractivity contribution in [2.75, 3.05) is 13.2 Å². The van der Waals surface area contributed by atoms with Gasteiger partial charge in [0.1, 0.15) is 11.5 Å². The number of hydroxylamine groups is 1. The highest BCUT2D eigenvalue weighted by Gasteiger charge is 2.02. The van der Waals surface area contributed by atoms with Crippen molar-refractivity contribution in [3.8, 4) is 5.75 Å². The first-order chi connectivity index (χ1) is 9.84. The molecular weight excluding hydrogens is 258 g/mol. The molecule has 0 bridgehead atoms. The Morgan fingerprint density at radius 1 is 1.15 bits per heavy atom. The van der Waals surface area contributed by atoms with Crippen LogP contribution in [-0.2, 0) is 16.1 Å². The van der Waals surface area contributed by atoms with E-state index in [0.29, 0.717) is 12.4 Å². The normalized spacial score (nSPS) is 10.2. The van der Waals surface area contributed by atoms with E-state index < -0.39 is 0 Å². The number of nitrogens with one attached hydrogen (secondary N) is 1. The van der Waals surface area contributed by atoms with Gasteiger partial charge in [0, 0.05) is 6.42 Å². The molecule has 0 saturated heterocycles. The standard InChI is InChI=1S/C15H17NO4/c17-15(12-19-14-6-2-1-3-7-14)16-20-11-5-9-13-8-4-10-18-13/h1-4,6-8,10H,5,9,11-12H2,(H,16,17). The van der Waals surface area contributed by atoms with Gasteiger partial charge in [0.2, 0.25) is 0 Å². The summed E-state index contributed by atoms with van der Waals surface area (Å²) in [5, 5.41) is 0. The van der Waals surface area contributed by atoms with Crippen LogP contribution in [0.5, 0.6) is 5.75 Å². The van der Waals surface area contributed by atoms with Crippen LogP contribution in [0.4, 0.5) is 0 Å². The number of rotatable bonds is 8. The van der Waals surface area contributed by atoms with E-state index in [1.165, 1.54) is 0 Å². The second-order valence-corrected chi connectivity index (χ2v) is 4.16. The van der Waals surface area contributed by atoms with E-state index in [0.717, 1.165) is 18.6 Å². The maximum Gasteiger partial charge on any atom is 0.281 e. The van der Waals surface area contributed by atoms with E-state index in [9.17, 15) is 4.79 Å². The van der Waals surface area contributed by atoms with Crippen LogP contribution in [0.3, 0.4) is 0 Å². The third-order valence-electron chi connectivity index (χ3n) is 2.55. The molecule has 0 aliphatic rings. The summed E-state index contributed by atoms with van der Waals surface area (Å²) in [6, 6.07) is 12.9. The molecule has 5 heteroatoms. The molecule has 0 spiro atoms. The molecule has 0 unspecified atom stereocenters. The fraction of sp³-hybridized carbons (Fsp3) is 0.267. The summed E-state index contributed by atoms with van der Waals surface area (Å²) < 4.78 is 10.5. The van der Waals surface area contributed by atoms with Gasteiger partial charge in [0.25, 0.3) is 5.91 Å². The van der Waals surface area contributed by atoms with Crippen LogP contribution in [0.1, 0.15) is 12.2 Å². The zero-order valence-electron chi connectivity index (χ0n) is 11.1. The van der Waals surface area contributed by atoms with Crippen molar-refractivity contribution in [1.29, 1.82) is 0 Å². The van der Waals surface area contributed by atoms with E-state index in [4.69, 9.17) is 14.0 Å². The molecule has 1 aromatic carbocycles. The molecule has 2 rings (SSSR count). The highest BCUT2D eigenvalue weighted by molar-refractivity contribution is 5.76. The highest BCUT2D eigenvalue weighted by Crippen LogP contribution is 2.07. The molecule has 0 aliphatic carbocycles. The Kier molecular flexibility index (Phi) is 5.67. The summed E-state index contributed by atoms with van der Waals surface area (Å²) in [5.74, 6) is 1.25. The third-order valence-corrected chi connectivity index (χ3v) is 2.55. The van der Waals surface area contributed by atoms with Gasteiger partial charge in [-0.2, -0.15) is 0 Å². The summed E-state index contributed by atoms with van der Waals surface area (Å²) in [5.41, 5.74) is 2.34. The van der Waals surface area contributed by atoms with Gasteiger partial charge in [-0.25, -0.2) is 5.48 Å². The van der Waals surface area contributed by atoms with Gasteiger partial charge < -0.3 is 9.15 Å². The van der Waals surface area contributed by atoms with Crippen molar-refractivity contribution >= 4 is 5.91 Å². The Hall–Kier alpha value is -2.27. The maximum absolute atomic E-state index is 11.4. The predicted molar refractivity (Wildman–Crippen MR) is 73.1 cm³/mol. The monoisotopic (exact) mass is 275 g/mol. The van der Waals surface area contributed by atoms with Crippen LogP contribution in [0.15, 0.2) is 53.1 Å². The first-order valence-electron chi connectivity index (χ1n) is 6.45. The lowest BCUT2D eigenvalue weighted by molar-refractivity contribution is -0.135. The van der Waals surface area contributed by atoms with E-state index in [1.54, 1.807) is 18.4 Å². The lowest BCUT2D eigenvalue weighted by Crippen LogP contribution is -2.29. The topological polar surface area (TPSA) is 60.7 Å². The van der Waals surface area contributed by atoms with Crippen LogP contribution in [0, 0.1) is 0 Å². The molecule has 0 aliphatic heterocycles. The first-order valence-corrected chi connectivity index (χ1v) is 6.45. The second kappa shape index (κ2) is 8.01. The molecular formula is C15H17NO4. The van der Waals surface area contributed by atoms with E-state index in [-0.39, 0.29) is 12.5 Å². The van der Waals surface area contributed by atoms with Gasteiger partial charge in [-0.3, -0.25) is 9.63 Å². The largest absolute Gasteiger partial charge is 0.484 e. The molecule has 2 aromatic rings. The quantitative estimate of drug-likeness (QED) is 0.593. The number of carbonyl (C=O) groups is 1. The van der Waals surface area contributed by atoms with Crippen molar-refractivity contribution in [3.05, 3.63) is 54.5 Å². The number of para-hydroxylation sites is 1. The van der Waals surface area contributed by atoms with Crippen LogP contribution >= 0.6 is 0 Å². The van der Waals surface area contributed by atoms with Crippen LogP contribution in [0.2, 0.25) is 0 Å². The van der Waals surface area contributed by atoms with E-state index in [1.807, 2.05) is 30.3 Å². The minimum atomic E-state index is -0.313. The van der Waals surface area contributed by atoms with Crippen molar-refractivity contribution in [3.63, 3.8) is 0 Å². The number of hydrogen-bond acceptors (Lipinski definition) is 4. The molecule has 106 valence electrons. The molecule has 1 amide bonds. The molecule has 1 N–H and O–H groups in total. The van der Waals surface area contributed by atoms with Gasteiger partial charge in [0.15, 0.2) is 6.61 Å². The number of hydrogen-bond donors (Lipinski definition) is 1. The smallest absolute Gasteiger partial charge is 0.281 e. The Morgan fingerprint density at radius 2 is 2.00 bits per heavy atom. The van der Waals surface area contributed by atoms with Crippen LogP contribution in [0.25, 0.3) is 0 Å². The van der Waals surface area contributed by atoms with Gasteiger partial charge in [0.05, 0.1) is 12.9 Å². The molecule has 5 nitrogen and oxygen atoms in total. The van der Waals surface area contributed by atoms with E-state index in [2.05, 4.69) is 5.48 Å². The summed E-state index contributed by atoms with van der Waals surface area (Å²) >= 11 is 0. The van der Waals surface area contributed by atoms with E-state index >= 15 is 0 Å². The summed E-state index contributed by atoms with van der Waals surface area (Å²) in [6.07, 6.45) is 3.19. The first kappa shape index (κ1) is 14.1. The number of aryl methyl sites for hydroxylation is 1. The number of benzene rings is 1. The zero-order chi connectivity index (χ0) is 14.0. The lowest BCUT2D eigenvalue weighted by Gasteiger charge is -2.07. The molecule has 1 aromatic heterocycles. The van der Waals surface area contributed by atoms with Crippen LogP contribution < -0.4 is 10.2 Å². The number of ether oxygens (including phenoxy) is 1. The minimum Gasteiger partial charge on any atom is -0.484 e. The molecule has 0 fully saturated rings. The van der Waals surface area contributed by atoms with Crippen molar-refractivity contribution in [1.82, 2.24) is 5.48 Å². The third kappa shape index (κ3) is 5.16. The Labute approximate surface area is 117 Å². The van der Waals surface area contributed by atoms with Gasteiger partial charge in [-0.05, 0) is 30.7 Å². The highest BCUT2D eigenvalue weighted by atomic mass is 16.7. The minimum absolute atomic E-state index is 0.0673. The van der Waals surface area contributed by atoms with Gasteiger partial charge in [-0.1, -0.05) is 18.2 Å². The summed E-state index contributed by atoms with van der Waals surface area (Å²) in [6.45, 7) is 0.361. The Balaban J connectivity index is 1.52. The van der Waals surface area contributed by atoms with Crippen molar-refractivity contribution in [2.45, 2.75) is 12.8 Å². The Morgan fingerprint density at radius 3 is 2.75 bits per heavy atom. The fourth-order valence-electron chi connectivity index (χ4n) is 1.60. The SMILES string of the molecule is O=C(COc1ccccc1)NOCCCc1ccco1. The number of amides is 1. The van der Waals surface area contributed by atoms with Crippen molar-refractivity contribution < 1.29 is 18.8 Å². The Bertz CT molecular complexity index is 496. The number of carbonyl (C=O) groups excluding carboxylic acids is 1. The molecule has 0 radical (unpaired) electrons. The fourth-order valence-corrected chi connectivity index (χ4v) is 1.60. The molecule has 1 heterocycles. The summed E-state index contributed by atoms with van der Waals surface area (Å²) in [4.78, 5) is 16.5. The van der Waals surface area contributed by atoms with Gasteiger partial charge in [-0.15, -0.1) is 0 Å². The number of furan rings is 1. The predicted octanol–water partition coefficient (Wildman–Crippen LogP) is 2.34. The lowest BCUT2D eigenvalue weighted by atomic mass is 10.3. The van der Waals surface area contributed by atoms with Crippen molar-refractivity contribution in [2.24, 2.45) is 0 Å². The molecule has 0 atom stereocenters. The molecule has 20 heavy (non-hydrogen) atoms. The average molecular weight is 275 g/mol.